The summed E-state index contributed by atoms with van der Waals surface area (Å²) in [6.07, 6.45) is 1.77. The summed E-state index contributed by atoms with van der Waals surface area (Å²) in [6, 6.07) is 5.83. The summed E-state index contributed by atoms with van der Waals surface area (Å²) in [5.41, 5.74) is 7.40. The highest BCUT2D eigenvalue weighted by atomic mass is 35.7. The average Bonchev–Trinajstić information content (AvgIpc) is 2.40. The van der Waals surface area contributed by atoms with Gasteiger partial charge in [0.15, 0.2) is 0 Å². The second kappa shape index (κ2) is 8.38. The molecule has 114 valence electrons. The summed E-state index contributed by atoms with van der Waals surface area (Å²) in [7, 11) is -4.69. The molecule has 1 rings (SSSR count). The Morgan fingerprint density at radius 3 is 2.20 bits per heavy atom. The zero-order valence-corrected chi connectivity index (χ0v) is 12.7. The van der Waals surface area contributed by atoms with Crippen LogP contribution < -0.4 is 24.2 Å². The van der Waals surface area contributed by atoms with Crippen molar-refractivity contribution in [3.05, 3.63) is 35.8 Å². The fraction of sp³-hybridized carbons (Fsp3) is 0.364. The molecule has 0 aliphatic carbocycles. The molecule has 0 spiro atoms. The summed E-state index contributed by atoms with van der Waals surface area (Å²) in [6.45, 7) is 5.82. The van der Waals surface area contributed by atoms with E-state index in [9.17, 15) is 0 Å². The van der Waals surface area contributed by atoms with E-state index in [4.69, 9.17) is 36.0 Å². The van der Waals surface area contributed by atoms with Crippen LogP contribution in [0, 0.1) is 10.2 Å². The maximum absolute atomic E-state index is 8.60. The molecule has 0 aliphatic heterocycles. The van der Waals surface area contributed by atoms with Crippen LogP contribution in [0.1, 0.15) is 13.8 Å². The van der Waals surface area contributed by atoms with Crippen LogP contribution in [-0.2, 0) is 0 Å². The monoisotopic (exact) mass is 326 g/mol. The molecular formula is C11H18Cl2N3O4+. The zero-order valence-electron chi connectivity index (χ0n) is 11.2. The Bertz CT molecular complexity index is 413. The smallest absolute Gasteiger partial charge is 0.233 e. The van der Waals surface area contributed by atoms with Crippen LogP contribution in [0.2, 0.25) is 0 Å². The van der Waals surface area contributed by atoms with Gasteiger partial charge in [-0.05, 0) is 19.9 Å². The highest BCUT2D eigenvalue weighted by Crippen LogP contribution is 2.23. The second-order valence-corrected chi connectivity index (χ2v) is 4.73. The first-order valence-electron chi connectivity index (χ1n) is 5.69. The first-order valence-corrected chi connectivity index (χ1v) is 7.39. The molecule has 0 atom stereocenters. The summed E-state index contributed by atoms with van der Waals surface area (Å²) in [5, 5.41) is 0. The van der Waals surface area contributed by atoms with Gasteiger partial charge in [-0.25, -0.2) is 9.47 Å². The number of pyridine rings is 1. The molecule has 0 amide bonds. The van der Waals surface area contributed by atoms with E-state index in [1.807, 2.05) is 18.2 Å². The van der Waals surface area contributed by atoms with Gasteiger partial charge in [-0.1, -0.05) is 17.7 Å². The van der Waals surface area contributed by atoms with Gasteiger partial charge in [0.2, 0.25) is 11.6 Å². The van der Waals surface area contributed by atoms with Gasteiger partial charge in [0.05, 0.1) is 33.5 Å². The molecule has 0 saturated heterocycles. The van der Waals surface area contributed by atoms with Crippen molar-refractivity contribution in [2.24, 2.45) is 5.73 Å². The predicted octanol–water partition coefficient (Wildman–Crippen LogP) is -1.70. The zero-order chi connectivity index (χ0) is 15.8. The van der Waals surface area contributed by atoms with Gasteiger partial charge >= 0.3 is 0 Å². The normalized spacial score (nSPS) is 12.7. The molecule has 1 heterocycles. The van der Waals surface area contributed by atoms with Crippen molar-refractivity contribution < 1.29 is 28.9 Å². The quantitative estimate of drug-likeness (QED) is 0.635. The first-order chi connectivity index (χ1) is 9.21. The molecule has 0 fully saturated rings. The minimum absolute atomic E-state index is 0.504. The highest BCUT2D eigenvalue weighted by Gasteiger charge is 2.31. The molecule has 0 saturated carbocycles. The lowest BCUT2D eigenvalue weighted by molar-refractivity contribution is -1.92. The van der Waals surface area contributed by atoms with Crippen LogP contribution in [0.25, 0.3) is 0 Å². The minimum Gasteiger partial charge on any atom is -0.354 e. The highest BCUT2D eigenvalue weighted by molar-refractivity contribution is 6.25. The van der Waals surface area contributed by atoms with Crippen molar-refractivity contribution in [1.82, 2.24) is 9.47 Å². The standard InChI is InChI=1S/C11H17ClN3.ClHO4/c1-3-15(4-2,10(13)9-12)11-7-5-6-8-14-11;2-1(3,4)5/h5-9H,3-4,13H2,1-2H3;(H,2,3,4,5)/q+1;/b10-9+;. The van der Waals surface area contributed by atoms with Crippen molar-refractivity contribution >= 4 is 17.4 Å². The van der Waals surface area contributed by atoms with Crippen molar-refractivity contribution in [3.63, 3.8) is 0 Å². The fourth-order valence-electron chi connectivity index (χ4n) is 1.75. The molecule has 7 nitrogen and oxygen atoms in total. The Morgan fingerprint density at radius 1 is 1.40 bits per heavy atom. The number of nitrogens with two attached hydrogens (primary N) is 1. The molecule has 1 aromatic rings. The number of hydrogen-bond donors (Lipinski definition) is 2. The van der Waals surface area contributed by atoms with E-state index in [1.54, 1.807) is 6.20 Å². The van der Waals surface area contributed by atoms with Gasteiger partial charge in [0.1, 0.15) is 0 Å². The van der Waals surface area contributed by atoms with Crippen LogP contribution in [-0.4, -0.2) is 22.7 Å². The Hall–Kier alpha value is -0.930. The van der Waals surface area contributed by atoms with Crippen molar-refractivity contribution in [2.45, 2.75) is 13.8 Å². The third-order valence-electron chi connectivity index (χ3n) is 2.77. The summed E-state index contributed by atoms with van der Waals surface area (Å²) < 4.78 is 33.2. The van der Waals surface area contributed by atoms with Crippen molar-refractivity contribution in [2.75, 3.05) is 13.1 Å². The number of rotatable bonds is 4. The molecule has 0 aromatic carbocycles. The summed E-state index contributed by atoms with van der Waals surface area (Å²) >= 11 is 5.71. The van der Waals surface area contributed by atoms with Crippen molar-refractivity contribution in [1.29, 1.82) is 0 Å². The Balaban J connectivity index is 0.000000621. The summed E-state index contributed by atoms with van der Waals surface area (Å²) in [5.74, 6) is 1.55. The molecule has 0 radical (unpaired) electrons. The predicted molar refractivity (Wildman–Crippen MR) is 67.5 cm³/mol. The van der Waals surface area contributed by atoms with E-state index >= 15 is 0 Å². The van der Waals surface area contributed by atoms with E-state index < -0.39 is 10.2 Å². The van der Waals surface area contributed by atoms with Gasteiger partial charge in [0, 0.05) is 12.3 Å². The van der Waals surface area contributed by atoms with E-state index in [0.717, 1.165) is 18.9 Å². The number of aromatic nitrogens is 1. The van der Waals surface area contributed by atoms with E-state index in [-0.39, 0.29) is 0 Å². The maximum Gasteiger partial charge on any atom is 0.233 e. The number of nitrogens with zero attached hydrogens (tertiary/aromatic N) is 2. The lowest BCUT2D eigenvalue weighted by Crippen LogP contribution is -2.58. The third-order valence-corrected chi connectivity index (χ3v) is 3.00. The van der Waals surface area contributed by atoms with Gasteiger partial charge in [-0.2, -0.15) is 14.0 Å². The van der Waals surface area contributed by atoms with E-state index in [2.05, 4.69) is 18.8 Å². The average molecular weight is 327 g/mol. The topological polar surface area (TPSA) is 128 Å². The minimum atomic E-state index is -4.69. The van der Waals surface area contributed by atoms with Crippen LogP contribution in [0.15, 0.2) is 35.8 Å². The van der Waals surface area contributed by atoms with Crippen LogP contribution in [0.5, 0.6) is 0 Å². The SMILES string of the molecule is CC[N+](CC)(/C(N)=C/Cl)c1ccccn1.[O-][Cl+3]([O-])([O-])O. The van der Waals surface area contributed by atoms with Crippen LogP contribution in [0.3, 0.4) is 0 Å². The van der Waals surface area contributed by atoms with E-state index in [0.29, 0.717) is 10.3 Å². The fourth-order valence-corrected chi connectivity index (χ4v) is 1.93. The van der Waals surface area contributed by atoms with Gasteiger partial charge in [-0.15, -0.1) is 0 Å². The molecular weight excluding hydrogens is 309 g/mol. The Labute approximate surface area is 124 Å². The van der Waals surface area contributed by atoms with Crippen molar-refractivity contribution in [3.8, 4) is 0 Å². The molecule has 20 heavy (non-hydrogen) atoms. The molecule has 3 N–H and O–H groups in total. The molecule has 0 aliphatic rings. The third kappa shape index (κ3) is 6.02. The lowest BCUT2D eigenvalue weighted by atomic mass is 10.3. The number of halogens is 2. The lowest BCUT2D eigenvalue weighted by Gasteiger charge is -2.33. The Morgan fingerprint density at radius 2 is 1.90 bits per heavy atom. The number of hydrogen-bond acceptors (Lipinski definition) is 6. The van der Waals surface area contributed by atoms with Crippen LogP contribution in [0.4, 0.5) is 5.82 Å². The summed E-state index contributed by atoms with van der Waals surface area (Å²) in [4.78, 5) is 4.35. The maximum atomic E-state index is 8.60. The molecule has 0 bridgehead atoms. The molecule has 9 heteroatoms. The van der Waals surface area contributed by atoms with Gasteiger partial charge < -0.3 is 5.73 Å². The molecule has 0 unspecified atom stereocenters. The molecule has 1 aromatic heterocycles. The van der Waals surface area contributed by atoms with Gasteiger partial charge in [0.25, 0.3) is 0 Å². The second-order valence-electron chi connectivity index (χ2n) is 3.72. The number of quaternary nitrogens is 1. The van der Waals surface area contributed by atoms with Crippen LogP contribution >= 0.6 is 11.6 Å². The largest absolute Gasteiger partial charge is 0.354 e. The van der Waals surface area contributed by atoms with Gasteiger partial charge in [-0.3, -0.25) is 0 Å². The Kier molecular flexibility index (Phi) is 7.99. The first kappa shape index (κ1) is 19.1. The van der Waals surface area contributed by atoms with E-state index in [1.165, 1.54) is 5.54 Å².